The summed E-state index contributed by atoms with van der Waals surface area (Å²) in [5.41, 5.74) is -0.329. The van der Waals surface area contributed by atoms with Gasteiger partial charge >= 0.3 is 5.97 Å². The Labute approximate surface area is 204 Å². The number of ketones is 1. The summed E-state index contributed by atoms with van der Waals surface area (Å²) < 4.78 is 28.3. The molecule has 2 amide bonds. The van der Waals surface area contributed by atoms with Gasteiger partial charge in [0.25, 0.3) is 17.6 Å². The number of amides is 2. The van der Waals surface area contributed by atoms with E-state index in [9.17, 15) is 33.1 Å². The van der Waals surface area contributed by atoms with Gasteiger partial charge in [0.05, 0.1) is 16.5 Å². The van der Waals surface area contributed by atoms with Crippen molar-refractivity contribution in [2.45, 2.75) is 57.5 Å². The molecule has 1 aromatic carbocycles. The minimum absolute atomic E-state index is 0.0122. The summed E-state index contributed by atoms with van der Waals surface area (Å²) in [5.74, 6) is -6.03. The lowest BCUT2D eigenvalue weighted by Gasteiger charge is -2.36. The number of carbonyl (C=O) groups is 4. The molecule has 8 nitrogen and oxygen atoms in total. The van der Waals surface area contributed by atoms with Crippen molar-refractivity contribution in [3.05, 3.63) is 51.8 Å². The van der Waals surface area contributed by atoms with Crippen molar-refractivity contribution in [2.24, 2.45) is 5.92 Å². The molecule has 1 aliphatic carbocycles. The average Bonchev–Trinajstić information content (AvgIpc) is 3.35. The smallest absolute Gasteiger partial charge is 0.306 e. The van der Waals surface area contributed by atoms with Gasteiger partial charge < -0.3 is 20.3 Å². The second-order valence-corrected chi connectivity index (χ2v) is 9.66. The normalized spacial score (nSPS) is 21.3. The first-order valence-electron chi connectivity index (χ1n) is 11.3. The SMILES string of the molecule is C[C@]1(NC(=O)C(=O)c2c(Cl)c(C(=O)Nc3ccc(F)c(F)c3)c3n2CCC3)CC[C@@H](C(=O)O)CC1. The number of benzene rings is 1. The van der Waals surface area contributed by atoms with E-state index in [1.165, 1.54) is 6.07 Å². The summed E-state index contributed by atoms with van der Waals surface area (Å²) in [7, 11) is 0. The number of carboxylic acids is 1. The number of nitrogens with one attached hydrogen (secondary N) is 2. The van der Waals surface area contributed by atoms with Crippen LogP contribution in [0.3, 0.4) is 0 Å². The number of rotatable bonds is 6. The number of aromatic nitrogens is 1. The van der Waals surface area contributed by atoms with Crippen LogP contribution in [-0.4, -0.2) is 38.8 Å². The Balaban J connectivity index is 1.55. The fourth-order valence-electron chi connectivity index (χ4n) is 4.83. The summed E-state index contributed by atoms with van der Waals surface area (Å²) in [4.78, 5) is 50.2. The molecule has 0 saturated heterocycles. The minimum Gasteiger partial charge on any atom is -0.481 e. The third-order valence-electron chi connectivity index (χ3n) is 6.79. The largest absolute Gasteiger partial charge is 0.481 e. The number of nitrogens with zero attached hydrogens (tertiary/aromatic N) is 1. The molecule has 0 radical (unpaired) electrons. The highest BCUT2D eigenvalue weighted by atomic mass is 35.5. The fraction of sp³-hybridized carbons (Fsp3) is 0.417. The summed E-state index contributed by atoms with van der Waals surface area (Å²) in [6.45, 7) is 2.15. The number of carbonyl (C=O) groups excluding carboxylic acids is 3. The number of hydrogen-bond donors (Lipinski definition) is 3. The number of fused-ring (bicyclic) bond motifs is 1. The molecule has 1 fully saturated rings. The molecule has 3 N–H and O–H groups in total. The van der Waals surface area contributed by atoms with Crippen LogP contribution in [0.25, 0.3) is 0 Å². The van der Waals surface area contributed by atoms with E-state index < -0.39 is 46.7 Å². The van der Waals surface area contributed by atoms with Gasteiger partial charge in [-0.25, -0.2) is 8.78 Å². The van der Waals surface area contributed by atoms with Crippen molar-refractivity contribution < 1.29 is 33.1 Å². The van der Waals surface area contributed by atoms with E-state index in [1.807, 2.05) is 0 Å². The molecular formula is C24H24ClF2N3O5. The Morgan fingerprint density at radius 1 is 1.14 bits per heavy atom. The lowest BCUT2D eigenvalue weighted by atomic mass is 9.77. The molecule has 1 aromatic heterocycles. The van der Waals surface area contributed by atoms with Crippen LogP contribution in [0.1, 0.15) is 65.6 Å². The molecule has 0 spiro atoms. The zero-order valence-corrected chi connectivity index (χ0v) is 19.7. The van der Waals surface area contributed by atoms with E-state index >= 15 is 0 Å². The molecule has 1 aliphatic heterocycles. The number of aliphatic carboxylic acids is 1. The van der Waals surface area contributed by atoms with Crippen LogP contribution in [0.2, 0.25) is 5.02 Å². The maximum Gasteiger partial charge on any atom is 0.306 e. The summed E-state index contributed by atoms with van der Waals surface area (Å²) in [6, 6.07) is 2.90. The molecule has 2 heterocycles. The van der Waals surface area contributed by atoms with E-state index in [1.54, 1.807) is 11.5 Å². The molecule has 2 aliphatic rings. The Kier molecular flexibility index (Phi) is 6.68. The first-order valence-corrected chi connectivity index (χ1v) is 11.7. The zero-order chi connectivity index (χ0) is 25.5. The van der Waals surface area contributed by atoms with Crippen LogP contribution in [0.4, 0.5) is 14.5 Å². The molecule has 4 rings (SSSR count). The highest BCUT2D eigenvalue weighted by Crippen LogP contribution is 2.35. The van der Waals surface area contributed by atoms with Crippen LogP contribution >= 0.6 is 11.6 Å². The van der Waals surface area contributed by atoms with Gasteiger partial charge in [0.2, 0.25) is 0 Å². The Bertz CT molecular complexity index is 1230. The molecule has 0 unspecified atom stereocenters. The van der Waals surface area contributed by atoms with Crippen LogP contribution < -0.4 is 10.6 Å². The van der Waals surface area contributed by atoms with Gasteiger partial charge in [0.15, 0.2) is 11.6 Å². The lowest BCUT2D eigenvalue weighted by Crippen LogP contribution is -2.51. The van der Waals surface area contributed by atoms with Gasteiger partial charge in [-0.3, -0.25) is 19.2 Å². The van der Waals surface area contributed by atoms with Crippen LogP contribution in [-0.2, 0) is 22.6 Å². The maximum atomic E-state index is 13.5. The molecule has 11 heteroatoms. The highest BCUT2D eigenvalue weighted by Gasteiger charge is 2.39. The monoisotopic (exact) mass is 507 g/mol. The number of carboxylic acid groups (broad SMARTS) is 1. The number of hydrogen-bond acceptors (Lipinski definition) is 4. The average molecular weight is 508 g/mol. The van der Waals surface area contributed by atoms with Gasteiger partial charge in [-0.05, 0) is 57.6 Å². The topological polar surface area (TPSA) is 117 Å². The summed E-state index contributed by atoms with van der Waals surface area (Å²) in [5, 5.41) is 14.2. The number of anilines is 1. The predicted molar refractivity (Wildman–Crippen MR) is 123 cm³/mol. The van der Waals surface area contributed by atoms with Gasteiger partial charge in [0.1, 0.15) is 5.69 Å². The second kappa shape index (κ2) is 9.41. The van der Waals surface area contributed by atoms with Crippen molar-refractivity contribution in [1.29, 1.82) is 0 Å². The molecule has 1 saturated carbocycles. The third-order valence-corrected chi connectivity index (χ3v) is 7.15. The molecule has 186 valence electrons. The van der Waals surface area contributed by atoms with Gasteiger partial charge in [-0.2, -0.15) is 0 Å². The number of Topliss-reactive ketones (excluding diaryl/α,β-unsaturated/α-hetero) is 1. The van der Waals surface area contributed by atoms with Gasteiger partial charge in [-0.15, -0.1) is 0 Å². The lowest BCUT2D eigenvalue weighted by molar-refractivity contribution is -0.143. The van der Waals surface area contributed by atoms with Crippen molar-refractivity contribution in [3.63, 3.8) is 0 Å². The summed E-state index contributed by atoms with van der Waals surface area (Å²) in [6.07, 6.45) is 2.67. The third kappa shape index (κ3) is 4.80. The van der Waals surface area contributed by atoms with E-state index in [2.05, 4.69) is 10.6 Å². The standard InChI is InChI=1S/C24H24ClF2N3O5/c1-24(8-6-12(7-9-24)23(34)35)29-22(33)20(31)19-18(25)17(16-3-2-10-30(16)19)21(32)28-13-4-5-14(26)15(27)11-13/h4-5,11-12H,2-3,6-10H2,1H3,(H,28,32)(H,29,33)(H,34,35)/t12-,24+. The predicted octanol–water partition coefficient (Wildman–Crippen LogP) is 3.95. The fourth-order valence-corrected chi connectivity index (χ4v) is 5.21. The Hall–Kier alpha value is -3.27. The van der Waals surface area contributed by atoms with Crippen molar-refractivity contribution >= 4 is 40.9 Å². The summed E-state index contributed by atoms with van der Waals surface area (Å²) >= 11 is 6.45. The second-order valence-electron chi connectivity index (χ2n) is 9.28. The molecule has 35 heavy (non-hydrogen) atoms. The van der Waals surface area contributed by atoms with Crippen LogP contribution in [0.15, 0.2) is 18.2 Å². The molecular weight excluding hydrogens is 484 g/mol. The highest BCUT2D eigenvalue weighted by molar-refractivity contribution is 6.48. The molecule has 2 aromatic rings. The quantitative estimate of drug-likeness (QED) is 0.404. The van der Waals surface area contributed by atoms with Crippen molar-refractivity contribution in [3.8, 4) is 0 Å². The first kappa shape index (κ1) is 24.8. The Morgan fingerprint density at radius 3 is 2.46 bits per heavy atom. The van der Waals surface area contributed by atoms with E-state index in [-0.39, 0.29) is 22.0 Å². The van der Waals surface area contributed by atoms with Gasteiger partial charge in [-0.1, -0.05) is 11.6 Å². The minimum atomic E-state index is -1.13. The number of halogens is 3. The van der Waals surface area contributed by atoms with Crippen LogP contribution in [0.5, 0.6) is 0 Å². The maximum absolute atomic E-state index is 13.5. The van der Waals surface area contributed by atoms with Crippen molar-refractivity contribution in [1.82, 2.24) is 9.88 Å². The van der Waals surface area contributed by atoms with Crippen LogP contribution in [0, 0.1) is 17.6 Å². The Morgan fingerprint density at radius 2 is 1.83 bits per heavy atom. The van der Waals surface area contributed by atoms with Gasteiger partial charge in [0, 0.05) is 29.5 Å². The van der Waals surface area contributed by atoms with E-state index in [0.717, 1.165) is 12.1 Å². The van der Waals surface area contributed by atoms with E-state index in [0.29, 0.717) is 50.8 Å². The first-order chi connectivity index (χ1) is 16.5. The van der Waals surface area contributed by atoms with Crippen molar-refractivity contribution in [2.75, 3.05) is 5.32 Å². The van der Waals surface area contributed by atoms with E-state index in [4.69, 9.17) is 11.6 Å². The molecule has 0 atom stereocenters. The zero-order valence-electron chi connectivity index (χ0n) is 18.9. The molecule has 0 bridgehead atoms.